The number of aliphatic hydroxyl groups is 1. The molecule has 2 N–H and O–H groups in total. The first-order valence-electron chi connectivity index (χ1n) is 5.41. The average molecular weight is 282 g/mol. The number of nitrogens with one attached hydrogen (secondary N) is 1. The van der Waals surface area contributed by atoms with Crippen molar-refractivity contribution in [2.24, 2.45) is 0 Å². The summed E-state index contributed by atoms with van der Waals surface area (Å²) in [7, 11) is 0. The molecule has 0 fully saturated rings. The van der Waals surface area contributed by atoms with Crippen LogP contribution in [0.3, 0.4) is 0 Å². The highest BCUT2D eigenvalue weighted by Gasteiger charge is 2.10. The summed E-state index contributed by atoms with van der Waals surface area (Å²) in [4.78, 5) is 11.7. The number of rotatable bonds is 4. The average Bonchev–Trinajstić information content (AvgIpc) is 2.90. The van der Waals surface area contributed by atoms with Gasteiger partial charge in [0.15, 0.2) is 0 Å². The minimum atomic E-state index is -0.732. The van der Waals surface area contributed by atoms with Gasteiger partial charge in [0.2, 0.25) is 0 Å². The van der Waals surface area contributed by atoms with Gasteiger partial charge in [0.25, 0.3) is 5.91 Å². The summed E-state index contributed by atoms with van der Waals surface area (Å²) in [6, 6.07) is 8.64. The van der Waals surface area contributed by atoms with E-state index in [9.17, 15) is 9.90 Å². The summed E-state index contributed by atoms with van der Waals surface area (Å²) in [6.07, 6.45) is -0.732. The molecule has 2 aromatic rings. The molecule has 0 aliphatic carbocycles. The Kier molecular flexibility index (Phi) is 4.36. The number of carbonyl (C=O) groups is 1. The van der Waals surface area contributed by atoms with Crippen LogP contribution >= 0.6 is 22.9 Å². The van der Waals surface area contributed by atoms with Gasteiger partial charge in [0, 0.05) is 22.5 Å². The van der Waals surface area contributed by atoms with Crippen LogP contribution in [0.2, 0.25) is 5.02 Å². The topological polar surface area (TPSA) is 49.3 Å². The molecule has 5 heteroatoms. The minimum Gasteiger partial charge on any atom is -0.387 e. The third kappa shape index (κ3) is 3.32. The van der Waals surface area contributed by atoms with E-state index in [1.807, 2.05) is 5.38 Å². The number of benzene rings is 1. The van der Waals surface area contributed by atoms with Crippen molar-refractivity contribution in [2.75, 3.05) is 6.54 Å². The van der Waals surface area contributed by atoms with E-state index in [1.165, 1.54) is 11.3 Å². The molecule has 1 amide bonds. The molecule has 2 rings (SSSR count). The first-order chi connectivity index (χ1) is 8.66. The zero-order valence-corrected chi connectivity index (χ0v) is 11.0. The van der Waals surface area contributed by atoms with Gasteiger partial charge in [-0.05, 0) is 29.1 Å². The summed E-state index contributed by atoms with van der Waals surface area (Å²) < 4.78 is 0. The highest BCUT2D eigenvalue weighted by atomic mass is 35.5. The van der Waals surface area contributed by atoms with Crippen molar-refractivity contribution < 1.29 is 9.90 Å². The maximum absolute atomic E-state index is 11.7. The SMILES string of the molecule is O=C(NCC(O)c1ccc(Cl)cc1)c1ccsc1. The highest BCUT2D eigenvalue weighted by Crippen LogP contribution is 2.16. The van der Waals surface area contributed by atoms with Gasteiger partial charge in [0.1, 0.15) is 0 Å². The first-order valence-corrected chi connectivity index (χ1v) is 6.73. The number of hydrogen-bond donors (Lipinski definition) is 2. The van der Waals surface area contributed by atoms with Crippen LogP contribution in [0.25, 0.3) is 0 Å². The summed E-state index contributed by atoms with van der Waals surface area (Å²) in [6.45, 7) is 0.177. The van der Waals surface area contributed by atoms with Gasteiger partial charge in [-0.3, -0.25) is 4.79 Å². The van der Waals surface area contributed by atoms with Gasteiger partial charge < -0.3 is 10.4 Å². The summed E-state index contributed by atoms with van der Waals surface area (Å²) in [5, 5.41) is 16.8. The van der Waals surface area contributed by atoms with Crippen molar-refractivity contribution in [3.63, 3.8) is 0 Å². The zero-order valence-electron chi connectivity index (χ0n) is 9.47. The number of halogens is 1. The van der Waals surface area contributed by atoms with E-state index >= 15 is 0 Å². The Hall–Kier alpha value is -1.36. The summed E-state index contributed by atoms with van der Waals surface area (Å²) in [5.74, 6) is -0.177. The lowest BCUT2D eigenvalue weighted by molar-refractivity contribution is 0.0917. The molecule has 3 nitrogen and oxygen atoms in total. The van der Waals surface area contributed by atoms with E-state index in [1.54, 1.807) is 35.7 Å². The van der Waals surface area contributed by atoms with Gasteiger partial charge in [0.05, 0.1) is 6.10 Å². The lowest BCUT2D eigenvalue weighted by Gasteiger charge is -2.11. The highest BCUT2D eigenvalue weighted by molar-refractivity contribution is 7.08. The number of carbonyl (C=O) groups excluding carboxylic acids is 1. The normalized spacial score (nSPS) is 12.1. The summed E-state index contributed by atoms with van der Waals surface area (Å²) >= 11 is 7.22. The molecule has 0 aliphatic heterocycles. The van der Waals surface area contributed by atoms with E-state index in [0.29, 0.717) is 10.6 Å². The minimum absolute atomic E-state index is 0.177. The Morgan fingerprint density at radius 2 is 2.06 bits per heavy atom. The zero-order chi connectivity index (χ0) is 13.0. The second kappa shape index (κ2) is 6.00. The Morgan fingerprint density at radius 3 is 2.67 bits per heavy atom. The van der Waals surface area contributed by atoms with Crippen LogP contribution in [0.1, 0.15) is 22.0 Å². The second-order valence-corrected chi connectivity index (χ2v) is 5.01. The third-order valence-corrected chi connectivity index (χ3v) is 3.43. The Balaban J connectivity index is 1.90. The standard InChI is InChI=1S/C13H12ClNO2S/c14-11-3-1-9(2-4-11)12(16)7-15-13(17)10-5-6-18-8-10/h1-6,8,12,16H,7H2,(H,15,17). The number of thiophene rings is 1. The molecule has 1 heterocycles. The van der Waals surface area contributed by atoms with Crippen molar-refractivity contribution in [3.8, 4) is 0 Å². The lowest BCUT2D eigenvalue weighted by atomic mass is 10.1. The Labute approximate surface area is 114 Å². The number of hydrogen-bond acceptors (Lipinski definition) is 3. The predicted octanol–water partition coefficient (Wildman–Crippen LogP) is 2.86. The van der Waals surface area contributed by atoms with Crippen LogP contribution in [0.15, 0.2) is 41.1 Å². The maximum Gasteiger partial charge on any atom is 0.252 e. The van der Waals surface area contributed by atoms with Crippen LogP contribution in [0.5, 0.6) is 0 Å². The van der Waals surface area contributed by atoms with Crippen molar-refractivity contribution in [1.29, 1.82) is 0 Å². The van der Waals surface area contributed by atoms with Gasteiger partial charge >= 0.3 is 0 Å². The van der Waals surface area contributed by atoms with Crippen LogP contribution in [0, 0.1) is 0 Å². The second-order valence-electron chi connectivity index (χ2n) is 3.79. The molecule has 1 aromatic carbocycles. The lowest BCUT2D eigenvalue weighted by Crippen LogP contribution is -2.27. The van der Waals surface area contributed by atoms with Crippen LogP contribution in [0.4, 0.5) is 0 Å². The van der Waals surface area contributed by atoms with Crippen molar-refractivity contribution in [2.45, 2.75) is 6.10 Å². The Morgan fingerprint density at radius 1 is 1.33 bits per heavy atom. The van der Waals surface area contributed by atoms with Gasteiger partial charge in [-0.25, -0.2) is 0 Å². The van der Waals surface area contributed by atoms with Crippen molar-refractivity contribution in [3.05, 3.63) is 57.2 Å². The molecule has 0 spiro atoms. The van der Waals surface area contributed by atoms with Crippen molar-refractivity contribution >= 4 is 28.8 Å². The smallest absolute Gasteiger partial charge is 0.252 e. The molecule has 0 aliphatic rings. The third-order valence-electron chi connectivity index (χ3n) is 2.49. The fourth-order valence-corrected chi connectivity index (χ4v) is 2.25. The molecule has 0 saturated heterocycles. The molecule has 94 valence electrons. The fourth-order valence-electron chi connectivity index (χ4n) is 1.49. The van der Waals surface area contributed by atoms with E-state index in [-0.39, 0.29) is 12.5 Å². The van der Waals surface area contributed by atoms with E-state index in [4.69, 9.17) is 11.6 Å². The molecule has 0 radical (unpaired) electrons. The monoisotopic (exact) mass is 281 g/mol. The first kappa shape index (κ1) is 13.1. The molecule has 18 heavy (non-hydrogen) atoms. The molecule has 1 unspecified atom stereocenters. The molecular weight excluding hydrogens is 270 g/mol. The number of amides is 1. The van der Waals surface area contributed by atoms with E-state index in [0.717, 1.165) is 5.56 Å². The van der Waals surface area contributed by atoms with E-state index in [2.05, 4.69) is 5.32 Å². The Bertz CT molecular complexity index is 510. The molecule has 1 atom stereocenters. The summed E-state index contributed by atoms with van der Waals surface area (Å²) in [5.41, 5.74) is 1.34. The molecule has 0 saturated carbocycles. The fraction of sp³-hybridized carbons (Fsp3) is 0.154. The predicted molar refractivity (Wildman–Crippen MR) is 73.1 cm³/mol. The van der Waals surface area contributed by atoms with Gasteiger partial charge in [-0.2, -0.15) is 11.3 Å². The molecule has 0 bridgehead atoms. The van der Waals surface area contributed by atoms with E-state index < -0.39 is 6.10 Å². The van der Waals surface area contributed by atoms with Gasteiger partial charge in [-0.15, -0.1) is 0 Å². The van der Waals surface area contributed by atoms with Gasteiger partial charge in [-0.1, -0.05) is 23.7 Å². The molecular formula is C13H12ClNO2S. The quantitative estimate of drug-likeness (QED) is 0.905. The number of aliphatic hydroxyl groups excluding tert-OH is 1. The van der Waals surface area contributed by atoms with Crippen LogP contribution < -0.4 is 5.32 Å². The maximum atomic E-state index is 11.7. The molecule has 1 aromatic heterocycles. The largest absolute Gasteiger partial charge is 0.387 e. The van der Waals surface area contributed by atoms with Crippen LogP contribution in [-0.2, 0) is 0 Å². The van der Waals surface area contributed by atoms with Crippen LogP contribution in [-0.4, -0.2) is 17.6 Å². The van der Waals surface area contributed by atoms with Crippen molar-refractivity contribution in [1.82, 2.24) is 5.32 Å².